The van der Waals surface area contributed by atoms with Gasteiger partial charge >= 0.3 is 0 Å². The zero-order valence-electron chi connectivity index (χ0n) is 17.4. The highest BCUT2D eigenvalue weighted by Gasteiger charge is 2.37. The molecule has 27 heavy (non-hydrogen) atoms. The Morgan fingerprint density at radius 3 is 2.59 bits per heavy atom. The first-order valence-electron chi connectivity index (χ1n) is 9.41. The van der Waals surface area contributed by atoms with Gasteiger partial charge in [-0.3, -0.25) is 14.3 Å². The second-order valence-electron chi connectivity index (χ2n) is 7.58. The lowest BCUT2D eigenvalue weighted by molar-refractivity contribution is -0.138. The molecule has 0 N–H and O–H groups in total. The van der Waals surface area contributed by atoms with Crippen LogP contribution in [0.5, 0.6) is 0 Å². The number of hydrogen-bond acceptors (Lipinski definition) is 4. The highest BCUT2D eigenvalue weighted by Crippen LogP contribution is 2.30. The Hall–Kier alpha value is -2.15. The van der Waals surface area contributed by atoms with E-state index in [1.54, 1.807) is 32.2 Å². The van der Waals surface area contributed by atoms with Gasteiger partial charge in [-0.25, -0.2) is 0 Å². The second kappa shape index (κ2) is 8.69. The maximum Gasteiger partial charge on any atom is 0.246 e. The van der Waals surface area contributed by atoms with Crippen molar-refractivity contribution in [2.45, 2.75) is 45.1 Å². The Kier molecular flexibility index (Phi) is 6.81. The molecule has 0 bridgehead atoms. The first kappa shape index (κ1) is 21.2. The first-order valence-corrected chi connectivity index (χ1v) is 9.41. The third kappa shape index (κ3) is 4.97. The van der Waals surface area contributed by atoms with Gasteiger partial charge in [0.2, 0.25) is 11.8 Å². The number of aryl methyl sites for hydroxylation is 2. The highest BCUT2D eigenvalue weighted by molar-refractivity contribution is 5.92. The van der Waals surface area contributed by atoms with Crippen LogP contribution in [0.3, 0.4) is 0 Å². The molecule has 2 heterocycles. The van der Waals surface area contributed by atoms with Crippen LogP contribution in [0.2, 0.25) is 0 Å². The van der Waals surface area contributed by atoms with Crippen LogP contribution in [0.15, 0.2) is 6.08 Å². The van der Waals surface area contributed by atoms with Gasteiger partial charge in [0.05, 0.1) is 11.3 Å². The summed E-state index contributed by atoms with van der Waals surface area (Å²) in [6.45, 7) is 5.15. The molecule has 150 valence electrons. The quantitative estimate of drug-likeness (QED) is 0.712. The predicted molar refractivity (Wildman–Crippen MR) is 105 cm³/mol. The molecular weight excluding hydrogens is 344 g/mol. The summed E-state index contributed by atoms with van der Waals surface area (Å²) in [6.07, 6.45) is 6.24. The van der Waals surface area contributed by atoms with Gasteiger partial charge in [-0.15, -0.1) is 0 Å². The number of likely N-dealkylation sites (tertiary alicyclic amines) is 1. The number of carbonyl (C=O) groups excluding carboxylic acids is 2. The standard InChI is InChI=1S/C20H32N4O3/c1-15-17(16(2)23(5)21-15)8-9-19(26)24-13-7-11-20(14-24,27-6)12-10-18(25)22(3)4/h8-9H,7,10-14H2,1-6H3/b9-8+/t20-/m0/s1. The van der Waals surface area contributed by atoms with E-state index in [1.807, 2.05) is 36.6 Å². The topological polar surface area (TPSA) is 67.7 Å². The number of ether oxygens (including phenoxy) is 1. The average Bonchev–Trinajstić information content (AvgIpc) is 2.89. The normalized spacial score (nSPS) is 20.3. The summed E-state index contributed by atoms with van der Waals surface area (Å²) in [6, 6.07) is 0. The Morgan fingerprint density at radius 1 is 1.33 bits per heavy atom. The number of nitrogens with zero attached hydrogens (tertiary/aromatic N) is 4. The van der Waals surface area contributed by atoms with E-state index in [9.17, 15) is 9.59 Å². The molecule has 7 heteroatoms. The van der Waals surface area contributed by atoms with Gasteiger partial charge in [-0.1, -0.05) is 0 Å². The number of carbonyl (C=O) groups is 2. The largest absolute Gasteiger partial charge is 0.376 e. The van der Waals surface area contributed by atoms with Crippen molar-refractivity contribution in [1.29, 1.82) is 0 Å². The Bertz CT molecular complexity index is 723. The molecule has 0 aliphatic carbocycles. The predicted octanol–water partition coefficient (Wildman–Crippen LogP) is 1.93. The van der Waals surface area contributed by atoms with Gasteiger partial charge in [0.15, 0.2) is 0 Å². The third-order valence-corrected chi connectivity index (χ3v) is 5.53. The van der Waals surface area contributed by atoms with Crippen molar-refractivity contribution in [3.8, 4) is 0 Å². The molecule has 0 unspecified atom stereocenters. The fourth-order valence-electron chi connectivity index (χ4n) is 3.61. The van der Waals surface area contributed by atoms with Gasteiger partial charge in [-0.2, -0.15) is 5.10 Å². The summed E-state index contributed by atoms with van der Waals surface area (Å²) >= 11 is 0. The van der Waals surface area contributed by atoms with Crippen LogP contribution in [0, 0.1) is 13.8 Å². The molecule has 1 atom stereocenters. The molecule has 1 fully saturated rings. The lowest BCUT2D eigenvalue weighted by Gasteiger charge is -2.41. The van der Waals surface area contributed by atoms with E-state index in [0.29, 0.717) is 25.9 Å². The molecule has 2 amide bonds. The molecule has 1 saturated heterocycles. The van der Waals surface area contributed by atoms with E-state index in [0.717, 1.165) is 29.8 Å². The average molecular weight is 377 g/mol. The molecule has 2 rings (SSSR count). The minimum Gasteiger partial charge on any atom is -0.376 e. The van der Waals surface area contributed by atoms with E-state index < -0.39 is 5.60 Å². The molecular formula is C20H32N4O3. The number of aromatic nitrogens is 2. The van der Waals surface area contributed by atoms with E-state index >= 15 is 0 Å². The van der Waals surface area contributed by atoms with Crippen LogP contribution in [0.1, 0.15) is 42.6 Å². The maximum atomic E-state index is 12.7. The summed E-state index contributed by atoms with van der Waals surface area (Å²) < 4.78 is 7.61. The van der Waals surface area contributed by atoms with Crippen LogP contribution in [0.25, 0.3) is 6.08 Å². The molecule has 0 saturated carbocycles. The van der Waals surface area contributed by atoms with Gasteiger partial charge in [0.25, 0.3) is 0 Å². The zero-order chi connectivity index (χ0) is 20.2. The van der Waals surface area contributed by atoms with E-state index in [4.69, 9.17) is 4.74 Å². The maximum absolute atomic E-state index is 12.7. The summed E-state index contributed by atoms with van der Waals surface area (Å²) in [5.74, 6) is 0.0509. The Labute approximate surface area is 162 Å². The van der Waals surface area contributed by atoms with Crippen molar-refractivity contribution in [3.05, 3.63) is 23.0 Å². The molecule has 1 aromatic heterocycles. The van der Waals surface area contributed by atoms with Crippen molar-refractivity contribution < 1.29 is 14.3 Å². The summed E-state index contributed by atoms with van der Waals surface area (Å²) in [7, 11) is 7.08. The van der Waals surface area contributed by atoms with Crippen LogP contribution in [-0.2, 0) is 21.4 Å². The minimum absolute atomic E-state index is 0.0299. The fourth-order valence-corrected chi connectivity index (χ4v) is 3.61. The number of piperidine rings is 1. The van der Waals surface area contributed by atoms with Crippen LogP contribution in [-0.4, -0.2) is 71.3 Å². The minimum atomic E-state index is -0.451. The van der Waals surface area contributed by atoms with Gasteiger partial charge in [0, 0.05) is 65.1 Å². The number of methoxy groups -OCH3 is 1. The van der Waals surface area contributed by atoms with Crippen molar-refractivity contribution in [2.24, 2.45) is 7.05 Å². The molecule has 1 aliphatic heterocycles. The molecule has 0 aromatic carbocycles. The smallest absolute Gasteiger partial charge is 0.246 e. The van der Waals surface area contributed by atoms with Crippen LogP contribution in [0.4, 0.5) is 0 Å². The Balaban J connectivity index is 2.06. The van der Waals surface area contributed by atoms with Crippen molar-refractivity contribution in [3.63, 3.8) is 0 Å². The van der Waals surface area contributed by atoms with Crippen molar-refractivity contribution >= 4 is 17.9 Å². The van der Waals surface area contributed by atoms with Gasteiger partial charge < -0.3 is 14.5 Å². The monoisotopic (exact) mass is 376 g/mol. The fraction of sp³-hybridized carbons (Fsp3) is 0.650. The molecule has 1 aromatic rings. The van der Waals surface area contributed by atoms with E-state index in [1.165, 1.54) is 0 Å². The van der Waals surface area contributed by atoms with E-state index in [2.05, 4.69) is 5.10 Å². The van der Waals surface area contributed by atoms with E-state index in [-0.39, 0.29) is 11.8 Å². The molecule has 0 spiro atoms. The lowest BCUT2D eigenvalue weighted by Crippen LogP contribution is -2.51. The van der Waals surface area contributed by atoms with Crippen LogP contribution >= 0.6 is 0 Å². The summed E-state index contributed by atoms with van der Waals surface area (Å²) in [4.78, 5) is 28.1. The lowest BCUT2D eigenvalue weighted by atomic mass is 9.87. The van der Waals surface area contributed by atoms with Crippen LogP contribution < -0.4 is 0 Å². The Morgan fingerprint density at radius 2 is 2.04 bits per heavy atom. The number of rotatable bonds is 6. The van der Waals surface area contributed by atoms with Gasteiger partial charge in [-0.05, 0) is 39.2 Å². The first-order chi connectivity index (χ1) is 12.7. The second-order valence-corrected chi connectivity index (χ2v) is 7.58. The molecule has 1 aliphatic rings. The van der Waals surface area contributed by atoms with Gasteiger partial charge in [0.1, 0.15) is 0 Å². The zero-order valence-corrected chi connectivity index (χ0v) is 17.4. The number of amides is 2. The molecule has 7 nitrogen and oxygen atoms in total. The highest BCUT2D eigenvalue weighted by atomic mass is 16.5. The number of hydrogen-bond donors (Lipinski definition) is 0. The summed E-state index contributed by atoms with van der Waals surface area (Å²) in [5.41, 5.74) is 2.47. The van der Waals surface area contributed by atoms with Crippen molar-refractivity contribution in [1.82, 2.24) is 19.6 Å². The summed E-state index contributed by atoms with van der Waals surface area (Å²) in [5, 5.41) is 4.38. The van der Waals surface area contributed by atoms with Crippen molar-refractivity contribution in [2.75, 3.05) is 34.3 Å². The molecule has 0 radical (unpaired) electrons. The third-order valence-electron chi connectivity index (χ3n) is 5.53. The SMILES string of the molecule is CO[C@]1(CCC(=O)N(C)C)CCCN(C(=O)/C=C/c2c(C)nn(C)c2C)C1.